The van der Waals surface area contributed by atoms with E-state index in [0.717, 1.165) is 6.54 Å². The maximum absolute atomic E-state index is 12.5. The molecular formula is C21H34N4O3S. The lowest BCUT2D eigenvalue weighted by Crippen LogP contribution is -2.48. The van der Waals surface area contributed by atoms with Crippen LogP contribution >= 0.6 is 11.3 Å². The van der Waals surface area contributed by atoms with Crippen molar-refractivity contribution in [3.05, 3.63) is 22.4 Å². The van der Waals surface area contributed by atoms with Crippen molar-refractivity contribution in [3.8, 4) is 0 Å². The third-order valence-corrected chi connectivity index (χ3v) is 6.01. The third kappa shape index (κ3) is 7.12. The molecule has 3 amide bonds. The van der Waals surface area contributed by atoms with Crippen molar-refractivity contribution in [3.63, 3.8) is 0 Å². The molecule has 0 spiro atoms. The Kier molecular flexibility index (Phi) is 8.22. The van der Waals surface area contributed by atoms with E-state index in [4.69, 9.17) is 0 Å². The van der Waals surface area contributed by atoms with Crippen LogP contribution in [-0.4, -0.2) is 86.3 Å². The minimum Gasteiger partial charge on any atom is -0.355 e. The number of carbonyl (C=O) groups excluding carboxylic acids is 3. The van der Waals surface area contributed by atoms with Crippen LogP contribution in [0.25, 0.3) is 0 Å². The van der Waals surface area contributed by atoms with Crippen molar-refractivity contribution < 1.29 is 14.4 Å². The number of hydrogen-bond donors (Lipinski definition) is 1. The van der Waals surface area contributed by atoms with Gasteiger partial charge in [0.05, 0.1) is 11.4 Å². The third-order valence-electron chi connectivity index (χ3n) is 5.15. The van der Waals surface area contributed by atoms with Crippen LogP contribution in [0.15, 0.2) is 17.5 Å². The molecule has 1 saturated heterocycles. The van der Waals surface area contributed by atoms with Gasteiger partial charge in [0, 0.05) is 39.1 Å². The number of likely N-dealkylation sites (N-methyl/N-ethyl adjacent to an activating group) is 1. The molecule has 0 atom stereocenters. The molecule has 2 rings (SSSR count). The van der Waals surface area contributed by atoms with Gasteiger partial charge >= 0.3 is 0 Å². The van der Waals surface area contributed by atoms with Gasteiger partial charge in [-0.1, -0.05) is 19.9 Å². The highest BCUT2D eigenvalue weighted by molar-refractivity contribution is 7.12. The van der Waals surface area contributed by atoms with E-state index in [-0.39, 0.29) is 35.6 Å². The van der Waals surface area contributed by atoms with Gasteiger partial charge in [0.2, 0.25) is 11.8 Å². The number of carbonyl (C=O) groups is 3. The van der Waals surface area contributed by atoms with E-state index in [9.17, 15) is 14.4 Å². The average molecular weight is 423 g/mol. The summed E-state index contributed by atoms with van der Waals surface area (Å²) >= 11 is 1.37. The predicted molar refractivity (Wildman–Crippen MR) is 116 cm³/mol. The molecule has 1 aliphatic rings. The zero-order valence-electron chi connectivity index (χ0n) is 18.2. The van der Waals surface area contributed by atoms with Crippen LogP contribution < -0.4 is 5.32 Å². The number of amides is 3. The lowest BCUT2D eigenvalue weighted by Gasteiger charge is -2.33. The molecule has 2 heterocycles. The first-order valence-electron chi connectivity index (χ1n) is 10.1. The minimum absolute atomic E-state index is 0.00944. The summed E-state index contributed by atoms with van der Waals surface area (Å²) in [5.74, 6) is -0.181. The smallest absolute Gasteiger partial charge is 0.264 e. The molecule has 1 aromatic heterocycles. The predicted octanol–water partition coefficient (Wildman–Crippen LogP) is 1.76. The Balaban J connectivity index is 1.75. The molecule has 0 aliphatic carbocycles. The van der Waals surface area contributed by atoms with E-state index in [1.54, 1.807) is 18.0 Å². The van der Waals surface area contributed by atoms with Crippen LogP contribution in [0.3, 0.4) is 0 Å². The lowest BCUT2D eigenvalue weighted by molar-refractivity contribution is -0.136. The van der Waals surface area contributed by atoms with Crippen LogP contribution in [0.5, 0.6) is 0 Å². The molecule has 0 unspecified atom stereocenters. The second-order valence-electron chi connectivity index (χ2n) is 8.91. The number of nitrogens with one attached hydrogen (secondary N) is 1. The molecule has 0 aromatic carbocycles. The molecule has 1 N–H and O–H groups in total. The molecule has 0 bridgehead atoms. The number of nitrogens with zero attached hydrogens (tertiary/aromatic N) is 3. The number of hydrogen-bond acceptors (Lipinski definition) is 5. The SMILES string of the molecule is CN(C)CC(C)(C)CNC(=O)C1CCN(C(=O)CN(C)C(=O)c2cccs2)CC1. The summed E-state index contributed by atoms with van der Waals surface area (Å²) in [6.07, 6.45) is 1.32. The first-order valence-corrected chi connectivity index (χ1v) is 11.0. The standard InChI is InChI=1S/C21H34N4O3S/c1-21(2,15-23(3)4)14-22-19(27)16-8-10-25(11-9-16)18(26)13-24(5)20(28)17-7-6-12-29-17/h6-7,12,16H,8-11,13-15H2,1-5H3,(H,22,27). The Labute approximate surface area is 178 Å². The largest absolute Gasteiger partial charge is 0.355 e. The van der Waals surface area contributed by atoms with Gasteiger partial charge in [0.1, 0.15) is 0 Å². The Morgan fingerprint density at radius 2 is 1.86 bits per heavy atom. The first kappa shape index (κ1) is 23.3. The highest BCUT2D eigenvalue weighted by atomic mass is 32.1. The molecule has 0 saturated carbocycles. The fourth-order valence-corrected chi connectivity index (χ4v) is 4.45. The van der Waals surface area contributed by atoms with Crippen molar-refractivity contribution in [1.82, 2.24) is 20.0 Å². The number of thiophene rings is 1. The van der Waals surface area contributed by atoms with E-state index >= 15 is 0 Å². The van der Waals surface area contributed by atoms with Crippen LogP contribution in [-0.2, 0) is 9.59 Å². The minimum atomic E-state index is -0.136. The highest BCUT2D eigenvalue weighted by Gasteiger charge is 2.29. The van der Waals surface area contributed by atoms with E-state index in [1.165, 1.54) is 16.2 Å². The van der Waals surface area contributed by atoms with E-state index < -0.39 is 0 Å². The van der Waals surface area contributed by atoms with Gasteiger partial charge in [-0.3, -0.25) is 14.4 Å². The topological polar surface area (TPSA) is 73.0 Å². The maximum Gasteiger partial charge on any atom is 0.264 e. The molecule has 7 nitrogen and oxygen atoms in total. The van der Waals surface area contributed by atoms with Crippen molar-refractivity contribution in [2.45, 2.75) is 26.7 Å². The van der Waals surface area contributed by atoms with Crippen molar-refractivity contribution in [2.75, 3.05) is 53.9 Å². The van der Waals surface area contributed by atoms with Crippen molar-refractivity contribution in [2.24, 2.45) is 11.3 Å². The summed E-state index contributed by atoms with van der Waals surface area (Å²) in [5, 5.41) is 4.93. The van der Waals surface area contributed by atoms with E-state index in [2.05, 4.69) is 24.1 Å². The highest BCUT2D eigenvalue weighted by Crippen LogP contribution is 2.20. The molecular weight excluding hydrogens is 388 g/mol. The summed E-state index contributed by atoms with van der Waals surface area (Å²) < 4.78 is 0. The fraction of sp³-hybridized carbons (Fsp3) is 0.667. The van der Waals surface area contributed by atoms with Gasteiger partial charge in [0.25, 0.3) is 5.91 Å². The van der Waals surface area contributed by atoms with Gasteiger partial charge in [0.15, 0.2) is 0 Å². The second-order valence-corrected chi connectivity index (χ2v) is 9.86. The molecule has 1 aliphatic heterocycles. The zero-order chi connectivity index (χ0) is 21.6. The van der Waals surface area contributed by atoms with Crippen LogP contribution in [0.2, 0.25) is 0 Å². The van der Waals surface area contributed by atoms with Gasteiger partial charge in [-0.25, -0.2) is 0 Å². The number of piperidine rings is 1. The summed E-state index contributed by atoms with van der Waals surface area (Å²) in [4.78, 5) is 43.3. The molecule has 0 radical (unpaired) electrons. The molecule has 29 heavy (non-hydrogen) atoms. The van der Waals surface area contributed by atoms with Crippen LogP contribution in [0.1, 0.15) is 36.4 Å². The average Bonchev–Trinajstić information content (AvgIpc) is 3.19. The summed E-state index contributed by atoms with van der Waals surface area (Å²) in [7, 11) is 5.71. The normalized spacial score (nSPS) is 15.4. The summed E-state index contributed by atoms with van der Waals surface area (Å²) in [6.45, 7) is 6.99. The van der Waals surface area contributed by atoms with E-state index in [1.807, 2.05) is 25.5 Å². The summed E-state index contributed by atoms with van der Waals surface area (Å²) in [6, 6.07) is 3.59. The number of rotatable bonds is 8. The van der Waals surface area contributed by atoms with Gasteiger partial charge < -0.3 is 20.0 Å². The Morgan fingerprint density at radius 3 is 2.41 bits per heavy atom. The zero-order valence-corrected chi connectivity index (χ0v) is 19.1. The monoisotopic (exact) mass is 422 g/mol. The van der Waals surface area contributed by atoms with Gasteiger partial charge in [-0.2, -0.15) is 0 Å². The lowest BCUT2D eigenvalue weighted by atomic mass is 9.91. The summed E-state index contributed by atoms with van der Waals surface area (Å²) in [5.41, 5.74) is 0.00944. The first-order chi connectivity index (χ1) is 13.6. The van der Waals surface area contributed by atoms with Crippen molar-refractivity contribution in [1.29, 1.82) is 0 Å². The Morgan fingerprint density at radius 1 is 1.21 bits per heavy atom. The van der Waals surface area contributed by atoms with Crippen LogP contribution in [0, 0.1) is 11.3 Å². The van der Waals surface area contributed by atoms with Gasteiger partial charge in [-0.15, -0.1) is 11.3 Å². The van der Waals surface area contributed by atoms with E-state index in [0.29, 0.717) is 37.4 Å². The molecule has 8 heteroatoms. The second kappa shape index (κ2) is 10.2. The molecule has 162 valence electrons. The maximum atomic E-state index is 12.5. The van der Waals surface area contributed by atoms with Crippen molar-refractivity contribution >= 4 is 29.1 Å². The van der Waals surface area contributed by atoms with Crippen LogP contribution in [0.4, 0.5) is 0 Å². The van der Waals surface area contributed by atoms with Gasteiger partial charge in [-0.05, 0) is 43.8 Å². The Hall–Kier alpha value is -1.93. The number of likely N-dealkylation sites (tertiary alicyclic amines) is 1. The quantitative estimate of drug-likeness (QED) is 0.693. The molecule has 1 aromatic rings. The Bertz CT molecular complexity index is 695. The fourth-order valence-electron chi connectivity index (χ4n) is 3.74. The molecule has 1 fully saturated rings.